The SMILES string of the molecule is OCc1nc(OCCOc2ccccc2)ccc1Cl. The molecule has 0 saturated carbocycles. The molecule has 0 saturated heterocycles. The third-order valence-corrected chi connectivity index (χ3v) is 2.73. The van der Waals surface area contributed by atoms with Crippen LogP contribution >= 0.6 is 11.6 Å². The highest BCUT2D eigenvalue weighted by Gasteiger charge is 2.03. The zero-order chi connectivity index (χ0) is 13.5. The monoisotopic (exact) mass is 279 g/mol. The molecule has 100 valence electrons. The molecule has 0 spiro atoms. The number of nitrogens with zero attached hydrogens (tertiary/aromatic N) is 1. The van der Waals surface area contributed by atoms with Crippen molar-refractivity contribution in [2.45, 2.75) is 6.61 Å². The molecule has 0 aliphatic heterocycles. The lowest BCUT2D eigenvalue weighted by Crippen LogP contribution is -2.10. The van der Waals surface area contributed by atoms with Crippen molar-refractivity contribution in [2.24, 2.45) is 0 Å². The number of rotatable bonds is 6. The summed E-state index contributed by atoms with van der Waals surface area (Å²) < 4.78 is 10.9. The second-order valence-electron chi connectivity index (χ2n) is 3.75. The van der Waals surface area contributed by atoms with Gasteiger partial charge in [-0.25, -0.2) is 4.98 Å². The summed E-state index contributed by atoms with van der Waals surface area (Å²) in [4.78, 5) is 4.08. The fourth-order valence-corrected chi connectivity index (χ4v) is 1.64. The summed E-state index contributed by atoms with van der Waals surface area (Å²) >= 11 is 5.83. The summed E-state index contributed by atoms with van der Waals surface area (Å²) in [7, 11) is 0. The van der Waals surface area contributed by atoms with Crippen LogP contribution in [0.3, 0.4) is 0 Å². The average molecular weight is 280 g/mol. The second-order valence-corrected chi connectivity index (χ2v) is 4.15. The topological polar surface area (TPSA) is 51.6 Å². The van der Waals surface area contributed by atoms with Crippen LogP contribution in [0.1, 0.15) is 5.69 Å². The molecule has 4 nitrogen and oxygen atoms in total. The molecule has 2 aromatic rings. The smallest absolute Gasteiger partial charge is 0.213 e. The highest BCUT2D eigenvalue weighted by atomic mass is 35.5. The van der Waals surface area contributed by atoms with E-state index >= 15 is 0 Å². The van der Waals surface area contributed by atoms with Crippen LogP contribution in [0.15, 0.2) is 42.5 Å². The van der Waals surface area contributed by atoms with Crippen molar-refractivity contribution in [3.63, 3.8) is 0 Å². The zero-order valence-corrected chi connectivity index (χ0v) is 11.0. The molecule has 1 heterocycles. The molecule has 0 unspecified atom stereocenters. The number of hydrogen-bond donors (Lipinski definition) is 1. The molecule has 1 N–H and O–H groups in total. The molecule has 0 aliphatic rings. The van der Waals surface area contributed by atoms with E-state index < -0.39 is 0 Å². The number of para-hydroxylation sites is 1. The molecule has 0 radical (unpaired) electrons. The number of aromatic nitrogens is 1. The third kappa shape index (κ3) is 4.12. The van der Waals surface area contributed by atoms with E-state index in [1.807, 2.05) is 30.3 Å². The summed E-state index contributed by atoms with van der Waals surface area (Å²) in [6.45, 7) is 0.577. The molecule has 0 bridgehead atoms. The van der Waals surface area contributed by atoms with E-state index in [9.17, 15) is 0 Å². The average Bonchev–Trinajstić information content (AvgIpc) is 2.46. The Morgan fingerprint density at radius 2 is 1.74 bits per heavy atom. The van der Waals surface area contributed by atoms with Gasteiger partial charge in [-0.15, -0.1) is 0 Å². The number of pyridine rings is 1. The Labute approximate surface area is 116 Å². The molecule has 0 amide bonds. The largest absolute Gasteiger partial charge is 0.490 e. The molecule has 5 heteroatoms. The molecular formula is C14H14ClNO3. The molecule has 1 aromatic carbocycles. The number of aliphatic hydroxyl groups excluding tert-OH is 1. The van der Waals surface area contributed by atoms with Gasteiger partial charge in [0, 0.05) is 6.07 Å². The normalized spacial score (nSPS) is 10.2. The summed E-state index contributed by atoms with van der Waals surface area (Å²) in [6, 6.07) is 12.8. The standard InChI is InChI=1S/C14H14ClNO3/c15-12-6-7-14(16-13(12)10-17)19-9-8-18-11-4-2-1-3-5-11/h1-7,17H,8-10H2. The summed E-state index contributed by atoms with van der Waals surface area (Å²) in [5, 5.41) is 9.46. The van der Waals surface area contributed by atoms with Crippen molar-refractivity contribution in [1.82, 2.24) is 4.98 Å². The lowest BCUT2D eigenvalue weighted by atomic mass is 10.3. The summed E-state index contributed by atoms with van der Waals surface area (Å²) in [6.07, 6.45) is 0. The first-order valence-electron chi connectivity index (χ1n) is 5.86. The van der Waals surface area contributed by atoms with Crippen LogP contribution in [0.5, 0.6) is 11.6 Å². The van der Waals surface area contributed by atoms with E-state index in [1.165, 1.54) is 0 Å². The Morgan fingerprint density at radius 1 is 1.00 bits per heavy atom. The maximum Gasteiger partial charge on any atom is 0.213 e. The first-order valence-corrected chi connectivity index (χ1v) is 6.24. The van der Waals surface area contributed by atoms with Gasteiger partial charge < -0.3 is 14.6 Å². The fourth-order valence-electron chi connectivity index (χ4n) is 1.48. The van der Waals surface area contributed by atoms with Gasteiger partial charge in [-0.2, -0.15) is 0 Å². The van der Waals surface area contributed by atoms with Gasteiger partial charge in [0.25, 0.3) is 0 Å². The molecule has 0 aliphatic carbocycles. The minimum absolute atomic E-state index is 0.212. The van der Waals surface area contributed by atoms with Gasteiger partial charge in [-0.3, -0.25) is 0 Å². The molecule has 1 aromatic heterocycles. The lowest BCUT2D eigenvalue weighted by molar-refractivity contribution is 0.210. The number of ether oxygens (including phenoxy) is 2. The zero-order valence-electron chi connectivity index (χ0n) is 10.3. The van der Waals surface area contributed by atoms with Crippen LogP contribution in [0.4, 0.5) is 0 Å². The minimum Gasteiger partial charge on any atom is -0.490 e. The number of halogens is 1. The summed E-state index contributed by atoms with van der Waals surface area (Å²) in [5.41, 5.74) is 0.406. The van der Waals surface area contributed by atoms with Crippen molar-refractivity contribution >= 4 is 11.6 Å². The maximum absolute atomic E-state index is 9.04. The third-order valence-electron chi connectivity index (χ3n) is 2.39. The van der Waals surface area contributed by atoms with E-state index in [-0.39, 0.29) is 6.61 Å². The quantitative estimate of drug-likeness (QED) is 0.826. The van der Waals surface area contributed by atoms with Gasteiger partial charge in [-0.1, -0.05) is 29.8 Å². The minimum atomic E-state index is -0.212. The predicted molar refractivity (Wildman–Crippen MR) is 72.6 cm³/mol. The van der Waals surface area contributed by atoms with Crippen LogP contribution in [0, 0.1) is 0 Å². The van der Waals surface area contributed by atoms with Crippen molar-refractivity contribution in [3.05, 3.63) is 53.2 Å². The van der Waals surface area contributed by atoms with E-state index in [2.05, 4.69) is 4.98 Å². The van der Waals surface area contributed by atoms with Crippen LogP contribution in [-0.2, 0) is 6.61 Å². The van der Waals surface area contributed by atoms with Crippen LogP contribution in [0.25, 0.3) is 0 Å². The fraction of sp³-hybridized carbons (Fsp3) is 0.214. The van der Waals surface area contributed by atoms with E-state index in [1.54, 1.807) is 12.1 Å². The van der Waals surface area contributed by atoms with Crippen LogP contribution < -0.4 is 9.47 Å². The Morgan fingerprint density at radius 3 is 2.47 bits per heavy atom. The van der Waals surface area contributed by atoms with Gasteiger partial charge in [0.15, 0.2) is 0 Å². The first kappa shape index (κ1) is 13.6. The molecule has 2 rings (SSSR count). The van der Waals surface area contributed by atoms with Gasteiger partial charge in [-0.05, 0) is 18.2 Å². The van der Waals surface area contributed by atoms with Crippen molar-refractivity contribution in [3.8, 4) is 11.6 Å². The highest BCUT2D eigenvalue weighted by Crippen LogP contribution is 2.17. The van der Waals surface area contributed by atoms with Gasteiger partial charge in [0.1, 0.15) is 19.0 Å². The molecular weight excluding hydrogens is 266 g/mol. The maximum atomic E-state index is 9.04. The highest BCUT2D eigenvalue weighted by molar-refractivity contribution is 6.31. The van der Waals surface area contributed by atoms with Gasteiger partial charge in [0.05, 0.1) is 17.3 Å². The van der Waals surface area contributed by atoms with Gasteiger partial charge >= 0.3 is 0 Å². The van der Waals surface area contributed by atoms with Crippen molar-refractivity contribution < 1.29 is 14.6 Å². The Kier molecular flexibility index (Phi) is 5.01. The van der Waals surface area contributed by atoms with Crippen LogP contribution in [0.2, 0.25) is 5.02 Å². The Bertz CT molecular complexity index is 519. The number of hydrogen-bond acceptors (Lipinski definition) is 4. The predicted octanol–water partition coefficient (Wildman–Crippen LogP) is 2.69. The van der Waals surface area contributed by atoms with E-state index in [4.69, 9.17) is 26.2 Å². The van der Waals surface area contributed by atoms with E-state index in [0.29, 0.717) is 29.8 Å². The Balaban J connectivity index is 1.80. The molecule has 0 atom stereocenters. The first-order chi connectivity index (χ1) is 9.29. The van der Waals surface area contributed by atoms with Crippen molar-refractivity contribution in [1.29, 1.82) is 0 Å². The Hall–Kier alpha value is -1.78. The molecule has 19 heavy (non-hydrogen) atoms. The van der Waals surface area contributed by atoms with Crippen molar-refractivity contribution in [2.75, 3.05) is 13.2 Å². The number of benzene rings is 1. The van der Waals surface area contributed by atoms with Crippen LogP contribution in [-0.4, -0.2) is 23.3 Å². The van der Waals surface area contributed by atoms with E-state index in [0.717, 1.165) is 5.75 Å². The van der Waals surface area contributed by atoms with Gasteiger partial charge in [0.2, 0.25) is 5.88 Å². The molecule has 0 fully saturated rings. The summed E-state index contributed by atoms with van der Waals surface area (Å²) in [5.74, 6) is 1.22. The lowest BCUT2D eigenvalue weighted by Gasteiger charge is -2.08. The number of aliphatic hydroxyl groups is 1. The second kappa shape index (κ2) is 6.97.